The summed E-state index contributed by atoms with van der Waals surface area (Å²) < 4.78 is 0. The van der Waals surface area contributed by atoms with E-state index in [4.69, 9.17) is 0 Å². The van der Waals surface area contributed by atoms with E-state index >= 15 is 0 Å². The molecule has 0 aliphatic carbocycles. The lowest BCUT2D eigenvalue weighted by Gasteiger charge is -2.16. The Balaban J connectivity index is 2.51. The second kappa shape index (κ2) is 8.32. The standard InChI is InChI=1S/C15H22N2O3/c1-3-11(2)16-10-14(18)17-13(15(19)20)9-12-7-5-4-6-8-12/h4-8,11,13,16H,3,9-10H2,1-2H3,(H,17,18)(H,19,20)/t11?,13-/m1/s1. The third kappa shape index (κ3) is 5.84. The van der Waals surface area contributed by atoms with E-state index in [1.165, 1.54) is 0 Å². The number of hydrogen-bond acceptors (Lipinski definition) is 3. The van der Waals surface area contributed by atoms with Crippen LogP contribution in [0.2, 0.25) is 0 Å². The van der Waals surface area contributed by atoms with Crippen molar-refractivity contribution in [3.05, 3.63) is 35.9 Å². The molecule has 2 atom stereocenters. The summed E-state index contributed by atoms with van der Waals surface area (Å²) in [5, 5.41) is 14.8. The molecule has 5 nitrogen and oxygen atoms in total. The first-order valence-electron chi connectivity index (χ1n) is 6.82. The van der Waals surface area contributed by atoms with Crippen LogP contribution in [0.25, 0.3) is 0 Å². The van der Waals surface area contributed by atoms with Gasteiger partial charge in [-0.2, -0.15) is 0 Å². The van der Waals surface area contributed by atoms with Gasteiger partial charge in [0.25, 0.3) is 0 Å². The predicted molar refractivity (Wildman–Crippen MR) is 77.5 cm³/mol. The van der Waals surface area contributed by atoms with Gasteiger partial charge in [-0.1, -0.05) is 37.3 Å². The van der Waals surface area contributed by atoms with Crippen LogP contribution in [0, 0.1) is 0 Å². The summed E-state index contributed by atoms with van der Waals surface area (Å²) in [6.45, 7) is 4.13. The summed E-state index contributed by atoms with van der Waals surface area (Å²) in [5.41, 5.74) is 0.884. The van der Waals surface area contributed by atoms with Gasteiger partial charge in [-0.3, -0.25) is 4.79 Å². The summed E-state index contributed by atoms with van der Waals surface area (Å²) in [6, 6.07) is 8.59. The van der Waals surface area contributed by atoms with Gasteiger partial charge in [0.2, 0.25) is 5.91 Å². The van der Waals surface area contributed by atoms with Crippen molar-refractivity contribution in [1.82, 2.24) is 10.6 Å². The highest BCUT2D eigenvalue weighted by Crippen LogP contribution is 2.03. The average molecular weight is 278 g/mol. The fraction of sp³-hybridized carbons (Fsp3) is 0.467. The van der Waals surface area contributed by atoms with Crippen LogP contribution in [0.4, 0.5) is 0 Å². The number of benzene rings is 1. The summed E-state index contributed by atoms with van der Waals surface area (Å²) in [6.07, 6.45) is 1.20. The number of carbonyl (C=O) groups is 2. The fourth-order valence-corrected chi connectivity index (χ4v) is 1.71. The number of carbonyl (C=O) groups excluding carboxylic acids is 1. The van der Waals surface area contributed by atoms with E-state index in [-0.39, 0.29) is 24.9 Å². The molecule has 0 radical (unpaired) electrons. The molecule has 0 aromatic heterocycles. The first kappa shape index (κ1) is 16.2. The molecule has 1 aromatic rings. The van der Waals surface area contributed by atoms with E-state index in [2.05, 4.69) is 10.6 Å². The van der Waals surface area contributed by atoms with E-state index in [0.29, 0.717) is 0 Å². The Bertz CT molecular complexity index is 434. The largest absolute Gasteiger partial charge is 0.480 e. The van der Waals surface area contributed by atoms with Gasteiger partial charge in [0.15, 0.2) is 0 Å². The molecule has 1 amide bonds. The quantitative estimate of drug-likeness (QED) is 0.667. The molecule has 0 fully saturated rings. The second-order valence-electron chi connectivity index (χ2n) is 4.84. The van der Waals surface area contributed by atoms with E-state index in [1.807, 2.05) is 44.2 Å². The Morgan fingerprint density at radius 3 is 2.45 bits per heavy atom. The zero-order chi connectivity index (χ0) is 15.0. The van der Waals surface area contributed by atoms with Crippen LogP contribution in [0.15, 0.2) is 30.3 Å². The van der Waals surface area contributed by atoms with Crippen LogP contribution in [-0.2, 0) is 16.0 Å². The summed E-state index contributed by atoms with van der Waals surface area (Å²) in [5.74, 6) is -1.32. The van der Waals surface area contributed by atoms with Crippen molar-refractivity contribution in [2.45, 2.75) is 38.8 Å². The van der Waals surface area contributed by atoms with Gasteiger partial charge >= 0.3 is 5.97 Å². The van der Waals surface area contributed by atoms with E-state index in [0.717, 1.165) is 12.0 Å². The lowest BCUT2D eigenvalue weighted by molar-refractivity contribution is -0.141. The van der Waals surface area contributed by atoms with Crippen molar-refractivity contribution in [2.24, 2.45) is 0 Å². The Labute approximate surface area is 119 Å². The van der Waals surface area contributed by atoms with Gasteiger partial charge in [0.1, 0.15) is 6.04 Å². The molecule has 3 N–H and O–H groups in total. The lowest BCUT2D eigenvalue weighted by atomic mass is 10.1. The van der Waals surface area contributed by atoms with Crippen molar-refractivity contribution < 1.29 is 14.7 Å². The minimum Gasteiger partial charge on any atom is -0.480 e. The van der Waals surface area contributed by atoms with Gasteiger partial charge in [-0.25, -0.2) is 4.79 Å². The van der Waals surface area contributed by atoms with Crippen LogP contribution >= 0.6 is 0 Å². The SMILES string of the molecule is CCC(C)NCC(=O)N[C@H](Cc1ccccc1)C(=O)O. The average Bonchev–Trinajstić information content (AvgIpc) is 2.45. The van der Waals surface area contributed by atoms with Gasteiger partial charge in [0, 0.05) is 12.5 Å². The molecule has 0 heterocycles. The lowest BCUT2D eigenvalue weighted by Crippen LogP contribution is -2.46. The number of carboxylic acid groups (broad SMARTS) is 1. The number of nitrogens with one attached hydrogen (secondary N) is 2. The summed E-state index contributed by atoms with van der Waals surface area (Å²) in [4.78, 5) is 22.9. The van der Waals surface area contributed by atoms with Crippen LogP contribution in [0.3, 0.4) is 0 Å². The zero-order valence-electron chi connectivity index (χ0n) is 11.9. The monoisotopic (exact) mass is 278 g/mol. The van der Waals surface area contributed by atoms with Crippen LogP contribution in [0.5, 0.6) is 0 Å². The molecule has 0 bridgehead atoms. The third-order valence-corrected chi connectivity index (χ3v) is 3.14. The van der Waals surface area contributed by atoms with E-state index in [9.17, 15) is 14.7 Å². The zero-order valence-corrected chi connectivity index (χ0v) is 11.9. The molecule has 0 saturated carbocycles. The normalized spacial score (nSPS) is 13.5. The Hall–Kier alpha value is -1.88. The first-order valence-corrected chi connectivity index (χ1v) is 6.82. The van der Waals surface area contributed by atoms with Crippen molar-refractivity contribution in [3.63, 3.8) is 0 Å². The Morgan fingerprint density at radius 2 is 1.90 bits per heavy atom. The van der Waals surface area contributed by atoms with Crippen molar-refractivity contribution >= 4 is 11.9 Å². The highest BCUT2D eigenvalue weighted by molar-refractivity contribution is 5.84. The van der Waals surface area contributed by atoms with Crippen LogP contribution in [-0.4, -0.2) is 35.6 Å². The molecule has 0 aliphatic heterocycles. The molecule has 0 saturated heterocycles. The number of rotatable bonds is 8. The van der Waals surface area contributed by atoms with Crippen molar-refractivity contribution in [3.8, 4) is 0 Å². The molecule has 0 spiro atoms. The summed E-state index contributed by atoms with van der Waals surface area (Å²) >= 11 is 0. The number of amides is 1. The highest BCUT2D eigenvalue weighted by atomic mass is 16.4. The maximum absolute atomic E-state index is 11.7. The van der Waals surface area contributed by atoms with E-state index in [1.54, 1.807) is 0 Å². The second-order valence-corrected chi connectivity index (χ2v) is 4.84. The fourth-order valence-electron chi connectivity index (χ4n) is 1.71. The van der Waals surface area contributed by atoms with Crippen LogP contribution in [0.1, 0.15) is 25.8 Å². The first-order chi connectivity index (χ1) is 9.52. The molecular formula is C15H22N2O3. The summed E-state index contributed by atoms with van der Waals surface area (Å²) in [7, 11) is 0. The van der Waals surface area contributed by atoms with Gasteiger partial charge in [-0.15, -0.1) is 0 Å². The highest BCUT2D eigenvalue weighted by Gasteiger charge is 2.20. The van der Waals surface area contributed by atoms with Crippen molar-refractivity contribution in [1.29, 1.82) is 0 Å². The molecule has 1 rings (SSSR count). The maximum Gasteiger partial charge on any atom is 0.326 e. The van der Waals surface area contributed by atoms with E-state index < -0.39 is 12.0 Å². The molecule has 20 heavy (non-hydrogen) atoms. The molecule has 5 heteroatoms. The maximum atomic E-state index is 11.7. The molecule has 1 aromatic carbocycles. The topological polar surface area (TPSA) is 78.4 Å². The number of hydrogen-bond donors (Lipinski definition) is 3. The molecule has 1 unspecified atom stereocenters. The Kier molecular flexibility index (Phi) is 6.73. The van der Waals surface area contributed by atoms with Crippen molar-refractivity contribution in [2.75, 3.05) is 6.54 Å². The minimum atomic E-state index is -1.02. The van der Waals surface area contributed by atoms with Crippen LogP contribution < -0.4 is 10.6 Å². The molecule has 0 aliphatic rings. The van der Waals surface area contributed by atoms with Gasteiger partial charge < -0.3 is 15.7 Å². The Morgan fingerprint density at radius 1 is 1.25 bits per heavy atom. The third-order valence-electron chi connectivity index (χ3n) is 3.14. The molecule has 110 valence electrons. The number of aliphatic carboxylic acids is 1. The minimum absolute atomic E-state index is 0.133. The molecular weight excluding hydrogens is 256 g/mol. The van der Waals surface area contributed by atoms with Gasteiger partial charge in [0.05, 0.1) is 6.54 Å². The smallest absolute Gasteiger partial charge is 0.326 e. The number of carboxylic acids is 1. The van der Waals surface area contributed by atoms with Gasteiger partial charge in [-0.05, 0) is 18.9 Å². The predicted octanol–water partition coefficient (Wildman–Crippen LogP) is 1.19.